The molecular formula is C24H32N2O3S. The van der Waals surface area contributed by atoms with Crippen molar-refractivity contribution in [2.24, 2.45) is 0 Å². The van der Waals surface area contributed by atoms with E-state index in [0.717, 1.165) is 36.6 Å². The second kappa shape index (κ2) is 9.21. The Morgan fingerprint density at radius 1 is 1.10 bits per heavy atom. The van der Waals surface area contributed by atoms with Gasteiger partial charge in [-0.05, 0) is 80.3 Å². The van der Waals surface area contributed by atoms with Crippen LogP contribution in [-0.2, 0) is 27.7 Å². The summed E-state index contributed by atoms with van der Waals surface area (Å²) in [6.45, 7) is 5.57. The van der Waals surface area contributed by atoms with Crippen molar-refractivity contribution in [3.8, 4) is 0 Å². The lowest BCUT2D eigenvalue weighted by atomic mass is 9.88. The van der Waals surface area contributed by atoms with Gasteiger partial charge in [0, 0.05) is 0 Å². The third kappa shape index (κ3) is 5.04. The molecule has 2 atom stereocenters. The third-order valence-electron chi connectivity index (χ3n) is 5.84. The van der Waals surface area contributed by atoms with Crippen molar-refractivity contribution in [3.63, 3.8) is 0 Å². The zero-order chi connectivity index (χ0) is 21.9. The summed E-state index contributed by atoms with van der Waals surface area (Å²) in [7, 11) is -3.63. The van der Waals surface area contributed by atoms with Gasteiger partial charge in [-0.15, -0.1) is 0 Å². The first kappa shape index (κ1) is 22.3. The van der Waals surface area contributed by atoms with Gasteiger partial charge in [-0.3, -0.25) is 9.10 Å². The Morgan fingerprint density at radius 2 is 1.80 bits per heavy atom. The van der Waals surface area contributed by atoms with Gasteiger partial charge >= 0.3 is 0 Å². The van der Waals surface area contributed by atoms with Gasteiger partial charge in [0.1, 0.15) is 6.04 Å². The number of anilines is 1. The highest BCUT2D eigenvalue weighted by Gasteiger charge is 2.30. The minimum absolute atomic E-state index is 0.147. The Hall–Kier alpha value is -2.34. The number of nitrogens with one attached hydrogen (secondary N) is 1. The van der Waals surface area contributed by atoms with Crippen LogP contribution in [0.1, 0.15) is 61.4 Å². The number of rotatable bonds is 7. The van der Waals surface area contributed by atoms with E-state index in [2.05, 4.69) is 23.5 Å². The minimum atomic E-state index is -3.63. The molecule has 5 nitrogen and oxygen atoms in total. The summed E-state index contributed by atoms with van der Waals surface area (Å²) in [5.41, 5.74) is 5.30. The summed E-state index contributed by atoms with van der Waals surface area (Å²) in [5.74, 6) is -0.300. The Bertz CT molecular complexity index is 1020. The van der Waals surface area contributed by atoms with Crippen LogP contribution in [0.15, 0.2) is 42.5 Å². The molecule has 0 fully saturated rings. The molecule has 0 radical (unpaired) electrons. The van der Waals surface area contributed by atoms with Crippen molar-refractivity contribution in [3.05, 3.63) is 64.7 Å². The van der Waals surface area contributed by atoms with Crippen molar-refractivity contribution >= 4 is 21.6 Å². The van der Waals surface area contributed by atoms with Gasteiger partial charge in [-0.25, -0.2) is 8.42 Å². The molecule has 0 saturated carbocycles. The quantitative estimate of drug-likeness (QED) is 0.715. The second-order valence-corrected chi connectivity index (χ2v) is 10.1. The lowest BCUT2D eigenvalue weighted by Gasteiger charge is -2.30. The summed E-state index contributed by atoms with van der Waals surface area (Å²) in [6, 6.07) is 12.7. The van der Waals surface area contributed by atoms with Crippen LogP contribution in [0.2, 0.25) is 0 Å². The smallest absolute Gasteiger partial charge is 0.244 e. The zero-order valence-corrected chi connectivity index (χ0v) is 19.1. The second-order valence-electron chi connectivity index (χ2n) is 8.28. The van der Waals surface area contributed by atoms with E-state index in [0.29, 0.717) is 5.69 Å². The molecule has 0 aromatic heterocycles. The first-order valence-electron chi connectivity index (χ1n) is 10.7. The maximum atomic E-state index is 13.1. The third-order valence-corrected chi connectivity index (χ3v) is 7.09. The van der Waals surface area contributed by atoms with Crippen molar-refractivity contribution in [1.82, 2.24) is 5.32 Å². The van der Waals surface area contributed by atoms with Crippen molar-refractivity contribution in [1.29, 1.82) is 0 Å². The van der Waals surface area contributed by atoms with Gasteiger partial charge in [-0.2, -0.15) is 0 Å². The molecule has 0 spiro atoms. The number of carbonyl (C=O) groups is 1. The SMILES string of the molecule is CC[C@H](NC(=O)[C@H](C)N(c1cccc(C)c1)S(C)(=O)=O)c1ccc2c(c1)CCCC2. The van der Waals surface area contributed by atoms with Crippen LogP contribution in [0.5, 0.6) is 0 Å². The number of aryl methyl sites for hydroxylation is 3. The van der Waals surface area contributed by atoms with Crippen LogP contribution in [0, 0.1) is 6.92 Å². The molecule has 1 aliphatic rings. The van der Waals surface area contributed by atoms with E-state index in [-0.39, 0.29) is 11.9 Å². The molecule has 1 amide bonds. The Balaban J connectivity index is 1.83. The van der Waals surface area contributed by atoms with Crippen molar-refractivity contribution < 1.29 is 13.2 Å². The number of carbonyl (C=O) groups excluding carboxylic acids is 1. The number of fused-ring (bicyclic) bond motifs is 1. The highest BCUT2D eigenvalue weighted by atomic mass is 32.2. The number of benzene rings is 2. The molecule has 0 heterocycles. The summed E-state index contributed by atoms with van der Waals surface area (Å²) >= 11 is 0. The molecule has 3 rings (SSSR count). The molecule has 0 saturated heterocycles. The van der Waals surface area contributed by atoms with E-state index in [1.807, 2.05) is 19.9 Å². The molecule has 2 aromatic rings. The fourth-order valence-corrected chi connectivity index (χ4v) is 5.42. The molecule has 0 bridgehead atoms. The molecule has 0 unspecified atom stereocenters. The fraction of sp³-hybridized carbons (Fsp3) is 0.458. The Labute approximate surface area is 180 Å². The van der Waals surface area contributed by atoms with E-state index < -0.39 is 16.1 Å². The summed E-state index contributed by atoms with van der Waals surface area (Å²) in [6.07, 6.45) is 6.52. The summed E-state index contributed by atoms with van der Waals surface area (Å²) < 4.78 is 26.2. The van der Waals surface area contributed by atoms with E-state index in [9.17, 15) is 13.2 Å². The van der Waals surface area contributed by atoms with E-state index in [1.165, 1.54) is 28.3 Å². The first-order chi connectivity index (χ1) is 14.2. The standard InChI is InChI=1S/C24H32N2O3S/c1-5-23(21-14-13-19-10-6-7-11-20(19)16-21)25-24(27)18(3)26(30(4,28)29)22-12-8-9-17(2)15-22/h8-9,12-16,18,23H,5-7,10-11H2,1-4H3,(H,25,27)/t18-,23-/m0/s1. The molecule has 30 heavy (non-hydrogen) atoms. The van der Waals surface area contributed by atoms with Crippen LogP contribution in [-0.4, -0.2) is 26.6 Å². The summed E-state index contributed by atoms with van der Waals surface area (Å²) in [4.78, 5) is 13.1. The first-order valence-corrected chi connectivity index (χ1v) is 12.5. The highest BCUT2D eigenvalue weighted by Crippen LogP contribution is 2.27. The molecule has 0 aliphatic heterocycles. The molecule has 6 heteroatoms. The van der Waals surface area contributed by atoms with Crippen LogP contribution in [0.4, 0.5) is 5.69 Å². The highest BCUT2D eigenvalue weighted by molar-refractivity contribution is 7.92. The average molecular weight is 429 g/mol. The normalized spacial score (nSPS) is 15.7. The Kier molecular flexibility index (Phi) is 6.86. The topological polar surface area (TPSA) is 66.5 Å². The van der Waals surface area contributed by atoms with E-state index in [1.54, 1.807) is 25.1 Å². The fourth-order valence-electron chi connectivity index (χ4n) is 4.26. The lowest BCUT2D eigenvalue weighted by Crippen LogP contribution is -2.48. The van der Waals surface area contributed by atoms with Gasteiger partial charge in [0.2, 0.25) is 15.9 Å². The largest absolute Gasteiger partial charge is 0.347 e. The number of sulfonamides is 1. The van der Waals surface area contributed by atoms with Gasteiger partial charge in [0.25, 0.3) is 0 Å². The van der Waals surface area contributed by atoms with Crippen molar-refractivity contribution in [2.45, 2.75) is 65.0 Å². The van der Waals surface area contributed by atoms with Gasteiger partial charge < -0.3 is 5.32 Å². The molecule has 1 aliphatic carbocycles. The molecule has 2 aromatic carbocycles. The van der Waals surface area contributed by atoms with Crippen LogP contribution in [0.25, 0.3) is 0 Å². The minimum Gasteiger partial charge on any atom is -0.347 e. The summed E-state index contributed by atoms with van der Waals surface area (Å²) in [5, 5.41) is 3.08. The van der Waals surface area contributed by atoms with Crippen LogP contribution in [0.3, 0.4) is 0 Å². The lowest BCUT2D eigenvalue weighted by molar-refractivity contribution is -0.122. The molecule has 1 N–H and O–H groups in total. The van der Waals surface area contributed by atoms with Crippen molar-refractivity contribution in [2.75, 3.05) is 10.6 Å². The van der Waals surface area contributed by atoms with Gasteiger partial charge in [0.15, 0.2) is 0 Å². The number of hydrogen-bond acceptors (Lipinski definition) is 3. The van der Waals surface area contributed by atoms with Crippen LogP contribution < -0.4 is 9.62 Å². The zero-order valence-electron chi connectivity index (χ0n) is 18.3. The monoisotopic (exact) mass is 428 g/mol. The molecular weight excluding hydrogens is 396 g/mol. The molecule has 162 valence electrons. The Morgan fingerprint density at radius 3 is 2.43 bits per heavy atom. The van der Waals surface area contributed by atoms with E-state index in [4.69, 9.17) is 0 Å². The average Bonchev–Trinajstić information content (AvgIpc) is 2.70. The predicted octanol–water partition coefficient (Wildman–Crippen LogP) is 4.30. The number of amides is 1. The predicted molar refractivity (Wildman–Crippen MR) is 122 cm³/mol. The maximum Gasteiger partial charge on any atom is 0.244 e. The van der Waals surface area contributed by atoms with E-state index >= 15 is 0 Å². The maximum absolute atomic E-state index is 13.1. The van der Waals surface area contributed by atoms with Gasteiger partial charge in [-0.1, -0.05) is 37.3 Å². The van der Waals surface area contributed by atoms with Gasteiger partial charge in [0.05, 0.1) is 18.0 Å². The number of hydrogen-bond donors (Lipinski definition) is 1. The number of nitrogens with zero attached hydrogens (tertiary/aromatic N) is 1. The van der Waals surface area contributed by atoms with Crippen LogP contribution >= 0.6 is 0 Å².